The van der Waals surface area contributed by atoms with Crippen LogP contribution in [0.3, 0.4) is 0 Å². The highest BCUT2D eigenvalue weighted by Gasteiger charge is 2.12. The Morgan fingerprint density at radius 1 is 1.32 bits per heavy atom. The Bertz CT molecular complexity index is 704. The minimum Gasteiger partial charge on any atom is -0.384 e. The standard InChI is InChI=1S/C13H14N4OS/c1-9-4-3-5-10(8-9)12-16-17-11(6-7-18-2)14-15-13(17)19-12/h3-5,8H,6-7H2,1-2H3. The van der Waals surface area contributed by atoms with Gasteiger partial charge < -0.3 is 4.74 Å². The molecule has 98 valence electrons. The highest BCUT2D eigenvalue weighted by atomic mass is 32.1. The number of nitrogens with zero attached hydrogens (tertiary/aromatic N) is 4. The van der Waals surface area contributed by atoms with Gasteiger partial charge in [0.15, 0.2) is 5.82 Å². The molecule has 0 aliphatic heterocycles. The van der Waals surface area contributed by atoms with Crippen LogP contribution in [0.25, 0.3) is 15.5 Å². The maximum Gasteiger partial charge on any atom is 0.234 e. The van der Waals surface area contributed by atoms with Gasteiger partial charge in [0.1, 0.15) is 5.01 Å². The van der Waals surface area contributed by atoms with Gasteiger partial charge in [-0.3, -0.25) is 0 Å². The first-order valence-corrected chi connectivity index (χ1v) is 6.86. The van der Waals surface area contributed by atoms with Crippen LogP contribution in [0, 0.1) is 6.92 Å². The van der Waals surface area contributed by atoms with Crippen molar-refractivity contribution in [3.8, 4) is 10.6 Å². The lowest BCUT2D eigenvalue weighted by Gasteiger charge is -1.97. The summed E-state index contributed by atoms with van der Waals surface area (Å²) < 4.78 is 6.87. The SMILES string of the molecule is COCCc1nnc2sc(-c3cccc(C)c3)nn12. The second kappa shape index (κ2) is 5.07. The van der Waals surface area contributed by atoms with Crippen molar-refractivity contribution in [2.75, 3.05) is 13.7 Å². The fraction of sp³-hybridized carbons (Fsp3) is 0.308. The Balaban J connectivity index is 2.00. The summed E-state index contributed by atoms with van der Waals surface area (Å²) in [5.41, 5.74) is 2.34. The minimum atomic E-state index is 0.623. The maximum absolute atomic E-state index is 5.07. The number of hydrogen-bond acceptors (Lipinski definition) is 5. The van der Waals surface area contributed by atoms with Crippen LogP contribution >= 0.6 is 11.3 Å². The predicted molar refractivity (Wildman–Crippen MR) is 74.4 cm³/mol. The zero-order chi connectivity index (χ0) is 13.2. The lowest BCUT2D eigenvalue weighted by Crippen LogP contribution is -2.01. The fourth-order valence-corrected chi connectivity index (χ4v) is 2.76. The van der Waals surface area contributed by atoms with E-state index in [4.69, 9.17) is 4.74 Å². The Hall–Kier alpha value is -1.79. The van der Waals surface area contributed by atoms with Crippen LogP contribution in [-0.2, 0) is 11.2 Å². The van der Waals surface area contributed by atoms with Gasteiger partial charge in [-0.2, -0.15) is 9.61 Å². The van der Waals surface area contributed by atoms with Crippen molar-refractivity contribution in [2.24, 2.45) is 0 Å². The second-order valence-corrected chi connectivity index (χ2v) is 5.29. The molecule has 5 nitrogen and oxygen atoms in total. The van der Waals surface area contributed by atoms with Gasteiger partial charge in [-0.05, 0) is 13.0 Å². The first-order valence-electron chi connectivity index (χ1n) is 6.05. The van der Waals surface area contributed by atoms with Crippen molar-refractivity contribution in [1.82, 2.24) is 19.8 Å². The van der Waals surface area contributed by atoms with E-state index in [0.717, 1.165) is 21.4 Å². The van der Waals surface area contributed by atoms with E-state index in [1.54, 1.807) is 23.0 Å². The van der Waals surface area contributed by atoms with E-state index < -0.39 is 0 Å². The number of aryl methyl sites for hydroxylation is 1. The Labute approximate surface area is 114 Å². The third-order valence-electron chi connectivity index (χ3n) is 2.85. The molecule has 0 unspecified atom stereocenters. The topological polar surface area (TPSA) is 52.3 Å². The largest absolute Gasteiger partial charge is 0.384 e. The van der Waals surface area contributed by atoms with Gasteiger partial charge in [0.05, 0.1) is 6.61 Å². The Kier molecular flexibility index (Phi) is 3.27. The van der Waals surface area contributed by atoms with Crippen molar-refractivity contribution in [3.63, 3.8) is 0 Å². The normalized spacial score (nSPS) is 11.3. The quantitative estimate of drug-likeness (QED) is 0.733. The van der Waals surface area contributed by atoms with Crippen LogP contribution in [0.4, 0.5) is 0 Å². The molecule has 0 spiro atoms. The molecule has 0 bridgehead atoms. The van der Waals surface area contributed by atoms with Gasteiger partial charge in [0.25, 0.3) is 0 Å². The molecule has 0 N–H and O–H groups in total. The molecule has 2 aromatic heterocycles. The molecular weight excluding hydrogens is 260 g/mol. The number of methoxy groups -OCH3 is 1. The van der Waals surface area contributed by atoms with Crippen LogP contribution in [0.5, 0.6) is 0 Å². The molecule has 3 rings (SSSR count). The van der Waals surface area contributed by atoms with E-state index in [9.17, 15) is 0 Å². The van der Waals surface area contributed by atoms with Crippen molar-refractivity contribution >= 4 is 16.3 Å². The van der Waals surface area contributed by atoms with E-state index in [0.29, 0.717) is 13.0 Å². The number of hydrogen-bond donors (Lipinski definition) is 0. The number of rotatable bonds is 4. The van der Waals surface area contributed by atoms with Gasteiger partial charge in [-0.25, -0.2) is 0 Å². The zero-order valence-corrected chi connectivity index (χ0v) is 11.6. The molecule has 6 heteroatoms. The number of fused-ring (bicyclic) bond motifs is 1. The molecular formula is C13H14N4OS. The molecule has 0 fully saturated rings. The molecule has 0 saturated carbocycles. The third-order valence-corrected chi connectivity index (χ3v) is 3.80. The highest BCUT2D eigenvalue weighted by molar-refractivity contribution is 7.19. The molecule has 0 atom stereocenters. The van der Waals surface area contributed by atoms with Gasteiger partial charge in [-0.15, -0.1) is 10.2 Å². The van der Waals surface area contributed by atoms with Gasteiger partial charge in [-0.1, -0.05) is 35.1 Å². The van der Waals surface area contributed by atoms with E-state index >= 15 is 0 Å². The molecule has 0 radical (unpaired) electrons. The van der Waals surface area contributed by atoms with Crippen LogP contribution in [0.1, 0.15) is 11.4 Å². The van der Waals surface area contributed by atoms with E-state index in [1.807, 2.05) is 6.07 Å². The summed E-state index contributed by atoms with van der Waals surface area (Å²) in [5.74, 6) is 0.840. The molecule has 0 saturated heterocycles. The third kappa shape index (κ3) is 2.36. The van der Waals surface area contributed by atoms with Crippen molar-refractivity contribution in [2.45, 2.75) is 13.3 Å². The summed E-state index contributed by atoms with van der Waals surface area (Å²) >= 11 is 1.55. The van der Waals surface area contributed by atoms with Crippen molar-refractivity contribution < 1.29 is 4.74 Å². The second-order valence-electron chi connectivity index (χ2n) is 4.33. The van der Waals surface area contributed by atoms with Crippen LogP contribution < -0.4 is 0 Å². The molecule has 0 aliphatic rings. The molecule has 1 aromatic carbocycles. The van der Waals surface area contributed by atoms with E-state index in [-0.39, 0.29) is 0 Å². The smallest absolute Gasteiger partial charge is 0.234 e. The van der Waals surface area contributed by atoms with Crippen LogP contribution in [0.15, 0.2) is 24.3 Å². The van der Waals surface area contributed by atoms with Crippen molar-refractivity contribution in [3.05, 3.63) is 35.7 Å². The van der Waals surface area contributed by atoms with Gasteiger partial charge in [0, 0.05) is 19.1 Å². The minimum absolute atomic E-state index is 0.623. The Morgan fingerprint density at radius 2 is 2.21 bits per heavy atom. The molecule has 0 aliphatic carbocycles. The monoisotopic (exact) mass is 274 g/mol. The number of benzene rings is 1. The van der Waals surface area contributed by atoms with E-state index in [1.165, 1.54) is 5.56 Å². The summed E-state index contributed by atoms with van der Waals surface area (Å²) in [4.78, 5) is 0.822. The Morgan fingerprint density at radius 3 is 3.00 bits per heavy atom. The van der Waals surface area contributed by atoms with Gasteiger partial charge >= 0.3 is 0 Å². The number of ether oxygens (including phenoxy) is 1. The lowest BCUT2D eigenvalue weighted by atomic mass is 10.1. The molecule has 2 heterocycles. The maximum atomic E-state index is 5.07. The lowest BCUT2D eigenvalue weighted by molar-refractivity contribution is 0.200. The van der Waals surface area contributed by atoms with Crippen LogP contribution in [-0.4, -0.2) is 33.5 Å². The number of aromatic nitrogens is 4. The molecule has 0 amide bonds. The van der Waals surface area contributed by atoms with Crippen molar-refractivity contribution in [1.29, 1.82) is 0 Å². The average molecular weight is 274 g/mol. The van der Waals surface area contributed by atoms with Crippen LogP contribution in [0.2, 0.25) is 0 Å². The summed E-state index contributed by atoms with van der Waals surface area (Å²) in [6.45, 7) is 2.70. The van der Waals surface area contributed by atoms with Gasteiger partial charge in [0.2, 0.25) is 4.96 Å². The first-order chi connectivity index (χ1) is 9.28. The highest BCUT2D eigenvalue weighted by Crippen LogP contribution is 2.25. The van der Waals surface area contributed by atoms with E-state index in [2.05, 4.69) is 40.4 Å². The summed E-state index contributed by atoms with van der Waals surface area (Å²) in [5, 5.41) is 13.8. The first kappa shape index (κ1) is 12.3. The molecule has 3 aromatic rings. The summed E-state index contributed by atoms with van der Waals surface area (Å²) in [6.07, 6.45) is 0.717. The fourth-order valence-electron chi connectivity index (χ4n) is 1.90. The average Bonchev–Trinajstić information content (AvgIpc) is 2.97. The predicted octanol–water partition coefficient (Wildman–Crippen LogP) is 2.35. The zero-order valence-electron chi connectivity index (χ0n) is 10.8. The summed E-state index contributed by atoms with van der Waals surface area (Å²) in [6, 6.07) is 8.31. The summed E-state index contributed by atoms with van der Waals surface area (Å²) in [7, 11) is 1.68. The molecule has 19 heavy (non-hydrogen) atoms.